The van der Waals surface area contributed by atoms with Crippen molar-refractivity contribution in [2.24, 2.45) is 0 Å². The van der Waals surface area contributed by atoms with E-state index in [2.05, 4.69) is 10.6 Å². The topological polar surface area (TPSA) is 68.8 Å². The van der Waals surface area contributed by atoms with E-state index in [1.54, 1.807) is 0 Å². The first-order valence-electron chi connectivity index (χ1n) is 9.44. The third-order valence-electron chi connectivity index (χ3n) is 4.32. The first kappa shape index (κ1) is 20.8. The summed E-state index contributed by atoms with van der Waals surface area (Å²) in [6.07, 6.45) is 0. The first-order valence-corrected chi connectivity index (χ1v) is 9.85. The summed E-state index contributed by atoms with van der Waals surface area (Å²) in [5, 5.41) is 6.62. The van der Waals surface area contributed by atoms with Crippen molar-refractivity contribution in [3.63, 3.8) is 0 Å². The summed E-state index contributed by atoms with van der Waals surface area (Å²) in [6.45, 7) is 4.83. The molecule has 1 atom stereocenters. The number of rotatable bonds is 8. The average Bonchev–Trinajstić information content (AvgIpc) is 2.71. The molecule has 0 saturated heterocycles. The number of nitrogens with one attached hydrogen (secondary N) is 2. The van der Waals surface area contributed by atoms with Crippen LogP contribution in [0.2, 0.25) is 0 Å². The number of carbonyl (C=O) groups is 1. The second-order valence-corrected chi connectivity index (χ2v) is 6.80. The highest BCUT2D eigenvalue weighted by atomic mass is 32.1. The van der Waals surface area contributed by atoms with Gasteiger partial charge in [0.2, 0.25) is 0 Å². The van der Waals surface area contributed by atoms with Crippen molar-refractivity contribution < 1.29 is 19.0 Å². The second kappa shape index (κ2) is 10.0. The lowest BCUT2D eigenvalue weighted by atomic mass is 9.95. The van der Waals surface area contributed by atoms with Crippen molar-refractivity contribution in [2.75, 3.05) is 19.8 Å². The van der Waals surface area contributed by atoms with Crippen LogP contribution in [-0.2, 0) is 14.3 Å². The molecule has 0 amide bonds. The Morgan fingerprint density at radius 2 is 1.83 bits per heavy atom. The Kier molecular flexibility index (Phi) is 7.21. The molecule has 0 aromatic heterocycles. The van der Waals surface area contributed by atoms with Gasteiger partial charge < -0.3 is 24.8 Å². The van der Waals surface area contributed by atoms with Crippen LogP contribution >= 0.6 is 12.2 Å². The molecular formula is C22H24N2O4S. The molecule has 0 spiro atoms. The van der Waals surface area contributed by atoms with Gasteiger partial charge in [0.05, 0.1) is 18.2 Å². The molecule has 0 radical (unpaired) electrons. The number of esters is 1. The molecule has 6 nitrogen and oxygen atoms in total. The van der Waals surface area contributed by atoms with Gasteiger partial charge >= 0.3 is 5.97 Å². The molecule has 1 heterocycles. The maximum absolute atomic E-state index is 12.7. The van der Waals surface area contributed by atoms with Gasteiger partial charge in [0.15, 0.2) is 5.11 Å². The van der Waals surface area contributed by atoms with Crippen molar-refractivity contribution in [1.29, 1.82) is 0 Å². The molecule has 0 fully saturated rings. The Labute approximate surface area is 175 Å². The zero-order valence-corrected chi connectivity index (χ0v) is 17.3. The summed E-state index contributed by atoms with van der Waals surface area (Å²) in [4.78, 5) is 12.7. The molecule has 1 aliphatic rings. The number of hydrogen-bond acceptors (Lipinski definition) is 5. The van der Waals surface area contributed by atoms with Crippen LogP contribution in [0, 0.1) is 0 Å². The van der Waals surface area contributed by atoms with Gasteiger partial charge in [-0.25, -0.2) is 4.79 Å². The normalized spacial score (nSPS) is 16.1. The Morgan fingerprint density at radius 1 is 1.07 bits per heavy atom. The molecule has 3 rings (SSSR count). The minimum atomic E-state index is -0.442. The fourth-order valence-electron chi connectivity index (χ4n) is 3.01. The Balaban J connectivity index is 1.82. The lowest BCUT2D eigenvalue weighted by Crippen LogP contribution is -2.45. The fraction of sp³-hybridized carbons (Fsp3) is 0.273. The number of carbonyl (C=O) groups excluding carboxylic acids is 1. The maximum atomic E-state index is 12.7. The molecule has 152 valence electrons. The number of allylic oxidation sites excluding steroid dienone is 1. The zero-order valence-electron chi connectivity index (χ0n) is 16.4. The lowest BCUT2D eigenvalue weighted by molar-refractivity contribution is -0.141. The van der Waals surface area contributed by atoms with Crippen molar-refractivity contribution in [2.45, 2.75) is 19.9 Å². The molecule has 29 heavy (non-hydrogen) atoms. The molecule has 1 unspecified atom stereocenters. The summed E-state index contributed by atoms with van der Waals surface area (Å²) in [5.41, 5.74) is 1.99. The summed E-state index contributed by atoms with van der Waals surface area (Å²) in [6, 6.07) is 16.6. The molecule has 2 aromatic rings. The number of para-hydroxylation sites is 1. The van der Waals surface area contributed by atoms with E-state index < -0.39 is 12.0 Å². The van der Waals surface area contributed by atoms with Crippen molar-refractivity contribution in [1.82, 2.24) is 10.6 Å². The quantitative estimate of drug-likeness (QED) is 0.388. The van der Waals surface area contributed by atoms with Crippen molar-refractivity contribution in [3.8, 4) is 11.5 Å². The maximum Gasteiger partial charge on any atom is 0.338 e. The van der Waals surface area contributed by atoms with Gasteiger partial charge in [0.1, 0.15) is 18.1 Å². The second-order valence-electron chi connectivity index (χ2n) is 6.39. The standard InChI is InChI=1S/C22H24N2O4S/c1-3-26-12-13-27-21(25)19-15(2)23-22(29)24-20(19)16-8-7-11-18(14-16)28-17-9-5-4-6-10-17/h4-11,14,20H,3,12-13H2,1-2H3,(H2,23,24,29). The summed E-state index contributed by atoms with van der Waals surface area (Å²) in [5.74, 6) is 0.992. The molecule has 2 N–H and O–H groups in total. The molecule has 0 aliphatic carbocycles. The highest BCUT2D eigenvalue weighted by Crippen LogP contribution is 2.31. The largest absolute Gasteiger partial charge is 0.460 e. The zero-order chi connectivity index (χ0) is 20.6. The molecule has 0 saturated carbocycles. The van der Waals surface area contributed by atoms with E-state index in [-0.39, 0.29) is 6.61 Å². The number of thiocarbonyl (C=S) groups is 1. The highest BCUT2D eigenvalue weighted by molar-refractivity contribution is 7.80. The minimum Gasteiger partial charge on any atom is -0.460 e. The Bertz CT molecular complexity index is 899. The van der Waals surface area contributed by atoms with Gasteiger partial charge in [-0.05, 0) is 55.9 Å². The van der Waals surface area contributed by atoms with E-state index >= 15 is 0 Å². The van der Waals surface area contributed by atoms with Crippen LogP contribution < -0.4 is 15.4 Å². The number of ether oxygens (including phenoxy) is 3. The highest BCUT2D eigenvalue weighted by Gasteiger charge is 2.31. The number of benzene rings is 2. The lowest BCUT2D eigenvalue weighted by Gasteiger charge is -2.30. The van der Waals surface area contributed by atoms with Crippen molar-refractivity contribution in [3.05, 3.63) is 71.4 Å². The third kappa shape index (κ3) is 5.56. The van der Waals surface area contributed by atoms with Gasteiger partial charge in [-0.2, -0.15) is 0 Å². The van der Waals surface area contributed by atoms with E-state index in [0.717, 1.165) is 11.3 Å². The monoisotopic (exact) mass is 412 g/mol. The van der Waals surface area contributed by atoms with Gasteiger partial charge in [0.25, 0.3) is 0 Å². The Hall–Kier alpha value is -2.90. The molecule has 1 aliphatic heterocycles. The SMILES string of the molecule is CCOCCOC(=O)C1=C(C)NC(=S)NC1c1cccc(Oc2ccccc2)c1. The molecule has 7 heteroatoms. The molecule has 2 aromatic carbocycles. The fourth-order valence-corrected chi connectivity index (χ4v) is 3.28. The summed E-state index contributed by atoms with van der Waals surface area (Å²) < 4.78 is 16.6. The third-order valence-corrected chi connectivity index (χ3v) is 4.54. The first-order chi connectivity index (χ1) is 14.1. The van der Waals surface area contributed by atoms with Crippen LogP contribution in [0.4, 0.5) is 0 Å². The van der Waals surface area contributed by atoms with E-state index in [0.29, 0.717) is 35.3 Å². The smallest absolute Gasteiger partial charge is 0.338 e. The number of hydrogen-bond donors (Lipinski definition) is 2. The molecule has 0 bridgehead atoms. The van der Waals surface area contributed by atoms with Crippen LogP contribution in [0.15, 0.2) is 65.9 Å². The van der Waals surface area contributed by atoms with Gasteiger partial charge in [-0.15, -0.1) is 0 Å². The van der Waals surface area contributed by atoms with Crippen LogP contribution in [0.3, 0.4) is 0 Å². The van der Waals surface area contributed by atoms with Crippen LogP contribution in [0.5, 0.6) is 11.5 Å². The average molecular weight is 413 g/mol. The van der Waals surface area contributed by atoms with E-state index in [1.165, 1.54) is 0 Å². The van der Waals surface area contributed by atoms with Crippen molar-refractivity contribution >= 4 is 23.3 Å². The van der Waals surface area contributed by atoms with Crippen LogP contribution in [0.1, 0.15) is 25.5 Å². The van der Waals surface area contributed by atoms with Gasteiger partial charge in [-0.3, -0.25) is 0 Å². The van der Waals surface area contributed by atoms with E-state index in [9.17, 15) is 4.79 Å². The van der Waals surface area contributed by atoms with Crippen LogP contribution in [-0.4, -0.2) is 30.9 Å². The summed E-state index contributed by atoms with van der Waals surface area (Å²) in [7, 11) is 0. The van der Waals surface area contributed by atoms with E-state index in [4.69, 9.17) is 26.4 Å². The Morgan fingerprint density at radius 3 is 2.59 bits per heavy atom. The molecular weight excluding hydrogens is 388 g/mol. The predicted molar refractivity (Wildman–Crippen MR) is 115 cm³/mol. The van der Waals surface area contributed by atoms with Gasteiger partial charge in [-0.1, -0.05) is 30.3 Å². The van der Waals surface area contributed by atoms with E-state index in [1.807, 2.05) is 68.4 Å². The predicted octanol–water partition coefficient (Wildman–Crippen LogP) is 3.85. The summed E-state index contributed by atoms with van der Waals surface area (Å²) >= 11 is 5.30. The van der Waals surface area contributed by atoms with Gasteiger partial charge in [0, 0.05) is 12.3 Å². The minimum absolute atomic E-state index is 0.192. The van der Waals surface area contributed by atoms with Crippen LogP contribution in [0.25, 0.3) is 0 Å².